The Morgan fingerprint density at radius 2 is 1.10 bits per heavy atom. The van der Waals surface area contributed by atoms with Crippen molar-refractivity contribution in [2.24, 2.45) is 17.8 Å². The molecule has 0 atom stereocenters. The largest absolute Gasteiger partial charge is 0.396 e. The molecule has 126 valence electrons. The zero-order valence-corrected chi connectivity index (χ0v) is 15.9. The second-order valence-electron chi connectivity index (χ2n) is 7.22. The molecule has 0 aliphatic rings. The van der Waals surface area contributed by atoms with Gasteiger partial charge in [0.15, 0.2) is 0 Å². The van der Waals surface area contributed by atoms with Crippen molar-refractivity contribution in [1.82, 2.24) is 9.80 Å². The number of hydrogen-bond donors (Lipinski definition) is 1. The molecule has 0 amide bonds. The molecule has 0 unspecified atom stereocenters. The molecule has 0 aromatic carbocycles. The van der Waals surface area contributed by atoms with Crippen molar-refractivity contribution in [3.63, 3.8) is 0 Å². The Balaban J connectivity index is -0.000000223. The number of aliphatic hydroxyl groups is 1. The zero-order chi connectivity index (χ0) is 16.7. The SMILES string of the molecule is CC(C)CCN(C)C.CC(C)CN(C)C.CC(C)CO. The van der Waals surface area contributed by atoms with Crippen molar-refractivity contribution < 1.29 is 5.11 Å². The highest BCUT2D eigenvalue weighted by molar-refractivity contribution is 4.47. The van der Waals surface area contributed by atoms with Crippen LogP contribution in [0.15, 0.2) is 0 Å². The van der Waals surface area contributed by atoms with E-state index in [1.165, 1.54) is 19.5 Å². The van der Waals surface area contributed by atoms with Gasteiger partial charge in [-0.05, 0) is 65.5 Å². The molecule has 0 aliphatic heterocycles. The summed E-state index contributed by atoms with van der Waals surface area (Å²) in [6.07, 6.45) is 1.31. The summed E-state index contributed by atoms with van der Waals surface area (Å²) >= 11 is 0. The molecule has 3 heteroatoms. The van der Waals surface area contributed by atoms with Crippen molar-refractivity contribution >= 4 is 0 Å². The van der Waals surface area contributed by atoms with Crippen LogP contribution in [0.2, 0.25) is 0 Å². The van der Waals surface area contributed by atoms with E-state index in [4.69, 9.17) is 5.11 Å². The third kappa shape index (κ3) is 43.0. The van der Waals surface area contributed by atoms with Gasteiger partial charge in [0.05, 0.1) is 0 Å². The smallest absolute Gasteiger partial charge is 0.0453 e. The van der Waals surface area contributed by atoms with Crippen LogP contribution in [0, 0.1) is 17.8 Å². The van der Waals surface area contributed by atoms with Crippen LogP contribution in [0.4, 0.5) is 0 Å². The third-order valence-electron chi connectivity index (χ3n) is 2.25. The van der Waals surface area contributed by atoms with E-state index in [9.17, 15) is 0 Å². The summed E-state index contributed by atoms with van der Waals surface area (Å²) in [5.41, 5.74) is 0. The van der Waals surface area contributed by atoms with Gasteiger partial charge in [-0.1, -0.05) is 41.5 Å². The normalized spacial score (nSPS) is 10.8. The molecular weight excluding hydrogens is 248 g/mol. The zero-order valence-electron chi connectivity index (χ0n) is 15.9. The fourth-order valence-electron chi connectivity index (χ4n) is 1.25. The minimum Gasteiger partial charge on any atom is -0.396 e. The highest BCUT2D eigenvalue weighted by Crippen LogP contribution is 1.98. The lowest BCUT2D eigenvalue weighted by Gasteiger charge is -2.10. The van der Waals surface area contributed by atoms with Crippen molar-refractivity contribution in [2.75, 3.05) is 47.9 Å². The van der Waals surface area contributed by atoms with Gasteiger partial charge in [-0.15, -0.1) is 0 Å². The summed E-state index contributed by atoms with van der Waals surface area (Å²) in [7, 11) is 8.42. The molecule has 0 heterocycles. The van der Waals surface area contributed by atoms with Crippen molar-refractivity contribution in [2.45, 2.75) is 48.0 Å². The Morgan fingerprint density at radius 3 is 1.15 bits per heavy atom. The van der Waals surface area contributed by atoms with Crippen molar-refractivity contribution in [1.29, 1.82) is 0 Å². The van der Waals surface area contributed by atoms with Crippen molar-refractivity contribution in [3.8, 4) is 0 Å². The fraction of sp³-hybridized carbons (Fsp3) is 1.00. The van der Waals surface area contributed by atoms with Gasteiger partial charge in [0.25, 0.3) is 0 Å². The van der Waals surface area contributed by atoms with Gasteiger partial charge in [0.2, 0.25) is 0 Å². The van der Waals surface area contributed by atoms with Gasteiger partial charge in [-0.25, -0.2) is 0 Å². The van der Waals surface area contributed by atoms with Crippen LogP contribution in [-0.2, 0) is 0 Å². The molecule has 3 nitrogen and oxygen atoms in total. The van der Waals surface area contributed by atoms with Gasteiger partial charge in [-0.2, -0.15) is 0 Å². The van der Waals surface area contributed by atoms with Crippen LogP contribution >= 0.6 is 0 Å². The van der Waals surface area contributed by atoms with Crippen molar-refractivity contribution in [3.05, 3.63) is 0 Å². The van der Waals surface area contributed by atoms with Crippen LogP contribution in [0.25, 0.3) is 0 Å². The molecule has 0 rings (SSSR count). The maximum absolute atomic E-state index is 8.14. The first-order chi connectivity index (χ1) is 9.02. The molecule has 0 radical (unpaired) electrons. The Labute approximate surface area is 129 Å². The predicted octanol–water partition coefficient (Wildman–Crippen LogP) is 3.43. The molecule has 0 saturated carbocycles. The first-order valence-electron chi connectivity index (χ1n) is 7.93. The highest BCUT2D eigenvalue weighted by atomic mass is 16.3. The van der Waals surface area contributed by atoms with Gasteiger partial charge in [0.1, 0.15) is 0 Å². The summed E-state index contributed by atoms with van der Waals surface area (Å²) in [6.45, 7) is 15.6. The molecular formula is C17H42N2O. The van der Waals surface area contributed by atoms with Crippen LogP contribution in [0.5, 0.6) is 0 Å². The van der Waals surface area contributed by atoms with E-state index >= 15 is 0 Å². The standard InChI is InChI=1S/C7H17N.C6H15N.C4H10O/c1-7(2)5-6-8(3)4;1-6(2)5-7(3)4;1-4(2)3-5/h7H,5-6H2,1-4H3;6H,5H2,1-4H3;4-5H,3H2,1-2H3. The first-order valence-corrected chi connectivity index (χ1v) is 7.93. The van der Waals surface area contributed by atoms with Crippen LogP contribution in [-0.4, -0.2) is 62.8 Å². The molecule has 0 spiro atoms. The van der Waals surface area contributed by atoms with E-state index < -0.39 is 0 Å². The van der Waals surface area contributed by atoms with E-state index in [0.717, 1.165) is 11.8 Å². The van der Waals surface area contributed by atoms with Gasteiger partial charge in [-0.3, -0.25) is 0 Å². The quantitative estimate of drug-likeness (QED) is 0.812. The van der Waals surface area contributed by atoms with E-state index in [1.807, 2.05) is 13.8 Å². The maximum Gasteiger partial charge on any atom is 0.0453 e. The molecule has 0 aliphatic carbocycles. The molecule has 0 aromatic rings. The van der Waals surface area contributed by atoms with E-state index in [-0.39, 0.29) is 0 Å². The van der Waals surface area contributed by atoms with Crippen LogP contribution < -0.4 is 0 Å². The summed E-state index contributed by atoms with van der Waals surface area (Å²) in [5, 5.41) is 8.14. The summed E-state index contributed by atoms with van der Waals surface area (Å²) in [4.78, 5) is 4.42. The molecule has 0 saturated heterocycles. The first kappa shape index (κ1) is 24.9. The minimum absolute atomic E-state index is 0.306. The second kappa shape index (κ2) is 16.9. The third-order valence-corrected chi connectivity index (χ3v) is 2.25. The summed E-state index contributed by atoms with van der Waals surface area (Å²) in [5.74, 6) is 2.09. The minimum atomic E-state index is 0.306. The molecule has 20 heavy (non-hydrogen) atoms. The predicted molar refractivity (Wildman–Crippen MR) is 93.3 cm³/mol. The monoisotopic (exact) mass is 290 g/mol. The average molecular weight is 291 g/mol. The lowest BCUT2D eigenvalue weighted by atomic mass is 10.1. The Kier molecular flexibility index (Phi) is 21.1. The molecule has 0 fully saturated rings. The second-order valence-corrected chi connectivity index (χ2v) is 7.22. The Hall–Kier alpha value is -0.120. The van der Waals surface area contributed by atoms with Gasteiger partial charge < -0.3 is 14.9 Å². The average Bonchev–Trinajstić information content (AvgIpc) is 2.26. The number of nitrogens with zero attached hydrogens (tertiary/aromatic N) is 2. The fourth-order valence-corrected chi connectivity index (χ4v) is 1.25. The lowest BCUT2D eigenvalue weighted by Crippen LogP contribution is -2.17. The number of rotatable bonds is 6. The summed E-state index contributed by atoms with van der Waals surface area (Å²) in [6, 6.07) is 0. The van der Waals surface area contributed by atoms with E-state index in [1.54, 1.807) is 0 Å². The Bertz CT molecular complexity index is 152. The lowest BCUT2D eigenvalue weighted by molar-refractivity contribution is 0.248. The highest BCUT2D eigenvalue weighted by Gasteiger charge is 1.93. The van der Waals surface area contributed by atoms with E-state index in [0.29, 0.717) is 12.5 Å². The molecule has 1 N–H and O–H groups in total. The van der Waals surface area contributed by atoms with Crippen LogP contribution in [0.3, 0.4) is 0 Å². The maximum atomic E-state index is 8.14. The summed E-state index contributed by atoms with van der Waals surface area (Å²) < 4.78 is 0. The topological polar surface area (TPSA) is 26.7 Å². The molecule has 0 bridgehead atoms. The number of hydrogen-bond acceptors (Lipinski definition) is 3. The van der Waals surface area contributed by atoms with E-state index in [2.05, 4.69) is 65.7 Å². The van der Waals surface area contributed by atoms with Gasteiger partial charge >= 0.3 is 0 Å². The molecule has 0 aromatic heterocycles. The van der Waals surface area contributed by atoms with Crippen LogP contribution in [0.1, 0.15) is 48.0 Å². The number of aliphatic hydroxyl groups excluding tert-OH is 1. The Morgan fingerprint density at radius 1 is 0.700 bits per heavy atom. The van der Waals surface area contributed by atoms with Gasteiger partial charge in [0, 0.05) is 6.61 Å².